The molecular formula is C20H40N2O3. The van der Waals surface area contributed by atoms with Crippen molar-refractivity contribution >= 4 is 11.9 Å². The van der Waals surface area contributed by atoms with E-state index in [9.17, 15) is 9.59 Å². The Kier molecular flexibility index (Phi) is 16.9. The van der Waals surface area contributed by atoms with Gasteiger partial charge in [0.1, 0.15) is 6.04 Å². The summed E-state index contributed by atoms with van der Waals surface area (Å²) < 4.78 is 5.27. The number of nitrogens with one attached hydrogen (secondary N) is 1. The molecule has 0 spiro atoms. The first-order chi connectivity index (χ1) is 12.2. The SMILES string of the molecule is CCCCCCCCCC(=O)N[C@@H](CCCCN)C(=O)OCCCC. The molecule has 0 bridgehead atoms. The summed E-state index contributed by atoms with van der Waals surface area (Å²) in [7, 11) is 0. The third-order valence-corrected chi connectivity index (χ3v) is 4.32. The lowest BCUT2D eigenvalue weighted by Crippen LogP contribution is -2.42. The number of hydrogen-bond donors (Lipinski definition) is 2. The van der Waals surface area contributed by atoms with Crippen LogP contribution in [-0.2, 0) is 14.3 Å². The van der Waals surface area contributed by atoms with Crippen molar-refractivity contribution < 1.29 is 14.3 Å². The molecule has 1 atom stereocenters. The molecule has 0 unspecified atom stereocenters. The summed E-state index contributed by atoms with van der Waals surface area (Å²) in [5.41, 5.74) is 5.51. The summed E-state index contributed by atoms with van der Waals surface area (Å²) in [5.74, 6) is -0.350. The number of carbonyl (C=O) groups is 2. The van der Waals surface area contributed by atoms with Crippen molar-refractivity contribution in [1.29, 1.82) is 0 Å². The lowest BCUT2D eigenvalue weighted by atomic mass is 10.1. The van der Waals surface area contributed by atoms with Gasteiger partial charge in [-0.1, -0.05) is 58.8 Å². The van der Waals surface area contributed by atoms with E-state index in [4.69, 9.17) is 10.5 Å². The highest BCUT2D eigenvalue weighted by molar-refractivity contribution is 5.84. The second-order valence-corrected chi connectivity index (χ2v) is 6.80. The predicted molar refractivity (Wildman–Crippen MR) is 103 cm³/mol. The van der Waals surface area contributed by atoms with Crippen molar-refractivity contribution in [3.8, 4) is 0 Å². The highest BCUT2D eigenvalue weighted by Gasteiger charge is 2.21. The van der Waals surface area contributed by atoms with E-state index in [2.05, 4.69) is 19.2 Å². The van der Waals surface area contributed by atoms with E-state index in [1.54, 1.807) is 0 Å². The third-order valence-electron chi connectivity index (χ3n) is 4.32. The first-order valence-electron chi connectivity index (χ1n) is 10.3. The average molecular weight is 357 g/mol. The summed E-state index contributed by atoms with van der Waals surface area (Å²) in [4.78, 5) is 24.3. The minimum Gasteiger partial charge on any atom is -0.464 e. The van der Waals surface area contributed by atoms with Crippen molar-refractivity contribution in [3.05, 3.63) is 0 Å². The van der Waals surface area contributed by atoms with Crippen LogP contribution in [0.1, 0.15) is 97.3 Å². The number of ether oxygens (including phenoxy) is 1. The van der Waals surface area contributed by atoms with Gasteiger partial charge < -0.3 is 15.8 Å². The molecule has 0 aliphatic carbocycles. The van der Waals surface area contributed by atoms with Gasteiger partial charge in [-0.3, -0.25) is 4.79 Å². The number of esters is 1. The van der Waals surface area contributed by atoms with Crippen LogP contribution in [0.2, 0.25) is 0 Å². The second-order valence-electron chi connectivity index (χ2n) is 6.80. The standard InChI is InChI=1S/C20H40N2O3/c1-3-5-7-8-9-10-11-15-19(23)22-18(14-12-13-16-21)20(24)25-17-6-4-2/h18H,3-17,21H2,1-2H3,(H,22,23)/t18-/m0/s1. The summed E-state index contributed by atoms with van der Waals surface area (Å²) in [6.45, 7) is 5.29. The fraction of sp³-hybridized carbons (Fsp3) is 0.900. The Morgan fingerprint density at radius 2 is 1.52 bits per heavy atom. The Balaban J connectivity index is 4.06. The molecule has 5 heteroatoms. The van der Waals surface area contributed by atoms with Crippen LogP contribution in [0.15, 0.2) is 0 Å². The maximum Gasteiger partial charge on any atom is 0.328 e. The normalized spacial score (nSPS) is 12.0. The van der Waals surface area contributed by atoms with Crippen molar-refractivity contribution in [1.82, 2.24) is 5.32 Å². The fourth-order valence-electron chi connectivity index (χ4n) is 2.67. The van der Waals surface area contributed by atoms with E-state index in [0.29, 0.717) is 26.0 Å². The number of carbonyl (C=O) groups excluding carboxylic acids is 2. The van der Waals surface area contributed by atoms with Crippen LogP contribution < -0.4 is 11.1 Å². The Hall–Kier alpha value is -1.10. The molecule has 0 fully saturated rings. The van der Waals surface area contributed by atoms with E-state index < -0.39 is 6.04 Å². The summed E-state index contributed by atoms with van der Waals surface area (Å²) in [6.07, 6.45) is 12.8. The maximum absolute atomic E-state index is 12.2. The van der Waals surface area contributed by atoms with Crippen molar-refractivity contribution in [2.45, 2.75) is 103 Å². The van der Waals surface area contributed by atoms with Gasteiger partial charge in [0.25, 0.3) is 0 Å². The van der Waals surface area contributed by atoms with Crippen molar-refractivity contribution in [3.63, 3.8) is 0 Å². The number of nitrogens with two attached hydrogens (primary N) is 1. The maximum atomic E-state index is 12.2. The molecule has 0 aromatic rings. The highest BCUT2D eigenvalue weighted by Crippen LogP contribution is 2.09. The Bertz CT molecular complexity index is 335. The molecule has 0 saturated carbocycles. The molecule has 5 nitrogen and oxygen atoms in total. The number of rotatable bonds is 17. The molecule has 0 saturated heterocycles. The first kappa shape index (κ1) is 23.9. The number of amides is 1. The summed E-state index contributed by atoms with van der Waals surface area (Å²) in [6, 6.07) is -0.527. The Morgan fingerprint density at radius 1 is 0.880 bits per heavy atom. The van der Waals surface area contributed by atoms with Crippen LogP contribution in [0.4, 0.5) is 0 Å². The van der Waals surface area contributed by atoms with Gasteiger partial charge >= 0.3 is 5.97 Å². The van der Waals surface area contributed by atoms with Gasteiger partial charge in [-0.15, -0.1) is 0 Å². The van der Waals surface area contributed by atoms with E-state index in [1.807, 2.05) is 0 Å². The third kappa shape index (κ3) is 14.9. The zero-order valence-corrected chi connectivity index (χ0v) is 16.5. The molecule has 25 heavy (non-hydrogen) atoms. The molecule has 148 valence electrons. The molecule has 0 aromatic carbocycles. The van der Waals surface area contributed by atoms with Crippen LogP contribution in [0.5, 0.6) is 0 Å². The monoisotopic (exact) mass is 356 g/mol. The van der Waals surface area contributed by atoms with Gasteiger partial charge in [0, 0.05) is 6.42 Å². The minimum atomic E-state index is -0.527. The molecule has 0 rings (SSSR count). The Morgan fingerprint density at radius 3 is 2.16 bits per heavy atom. The Labute approximate surface area is 154 Å². The zero-order valence-electron chi connectivity index (χ0n) is 16.5. The largest absolute Gasteiger partial charge is 0.464 e. The molecule has 0 aliphatic heterocycles. The molecule has 1 amide bonds. The molecule has 0 radical (unpaired) electrons. The highest BCUT2D eigenvalue weighted by atomic mass is 16.5. The van der Waals surface area contributed by atoms with Gasteiger partial charge in [0.05, 0.1) is 6.61 Å². The summed E-state index contributed by atoms with van der Waals surface area (Å²) >= 11 is 0. The molecule has 3 N–H and O–H groups in total. The molecular weight excluding hydrogens is 316 g/mol. The number of unbranched alkanes of at least 4 members (excludes halogenated alkanes) is 8. The fourth-order valence-corrected chi connectivity index (χ4v) is 2.67. The molecule has 0 aliphatic rings. The van der Waals surface area contributed by atoms with E-state index >= 15 is 0 Å². The average Bonchev–Trinajstić information content (AvgIpc) is 2.60. The van der Waals surface area contributed by atoms with Gasteiger partial charge in [-0.05, 0) is 38.6 Å². The summed E-state index contributed by atoms with van der Waals surface area (Å²) in [5, 5.41) is 2.86. The topological polar surface area (TPSA) is 81.4 Å². The lowest BCUT2D eigenvalue weighted by Gasteiger charge is -2.17. The van der Waals surface area contributed by atoms with Crippen molar-refractivity contribution in [2.75, 3.05) is 13.2 Å². The van der Waals surface area contributed by atoms with Crippen LogP contribution in [-0.4, -0.2) is 31.1 Å². The predicted octanol–water partition coefficient (Wildman–Crippen LogP) is 4.08. The minimum absolute atomic E-state index is 0.0428. The molecule has 0 heterocycles. The second kappa shape index (κ2) is 17.7. The van der Waals surface area contributed by atoms with Crippen LogP contribution >= 0.6 is 0 Å². The van der Waals surface area contributed by atoms with Gasteiger partial charge in [0.2, 0.25) is 5.91 Å². The molecule has 0 aromatic heterocycles. The lowest BCUT2D eigenvalue weighted by molar-refractivity contribution is -0.148. The van der Waals surface area contributed by atoms with E-state index in [1.165, 1.54) is 32.1 Å². The number of hydrogen-bond acceptors (Lipinski definition) is 4. The van der Waals surface area contributed by atoms with Gasteiger partial charge in [-0.2, -0.15) is 0 Å². The van der Waals surface area contributed by atoms with E-state index in [0.717, 1.165) is 38.5 Å². The van der Waals surface area contributed by atoms with Gasteiger partial charge in [0.15, 0.2) is 0 Å². The van der Waals surface area contributed by atoms with Crippen LogP contribution in [0.25, 0.3) is 0 Å². The van der Waals surface area contributed by atoms with Crippen LogP contribution in [0, 0.1) is 0 Å². The van der Waals surface area contributed by atoms with Gasteiger partial charge in [-0.25, -0.2) is 4.79 Å². The quantitative estimate of drug-likeness (QED) is 0.304. The van der Waals surface area contributed by atoms with Crippen LogP contribution in [0.3, 0.4) is 0 Å². The first-order valence-corrected chi connectivity index (χ1v) is 10.3. The van der Waals surface area contributed by atoms with E-state index in [-0.39, 0.29) is 11.9 Å². The smallest absolute Gasteiger partial charge is 0.328 e. The van der Waals surface area contributed by atoms with Crippen molar-refractivity contribution in [2.24, 2.45) is 5.73 Å². The zero-order chi connectivity index (χ0) is 18.8.